The van der Waals surface area contributed by atoms with Gasteiger partial charge in [-0.15, -0.1) is 0 Å². The number of phenolic OH excluding ortho intramolecular Hbond substituents is 1. The quantitative estimate of drug-likeness (QED) is 0.475. The summed E-state index contributed by atoms with van der Waals surface area (Å²) in [4.78, 5) is 12.3. The van der Waals surface area contributed by atoms with Gasteiger partial charge in [-0.05, 0) is 43.2 Å². The Balaban J connectivity index is 1.62. The van der Waals surface area contributed by atoms with Gasteiger partial charge in [0.2, 0.25) is 0 Å². The second kappa shape index (κ2) is 8.05. The molecule has 2 unspecified atom stereocenters. The van der Waals surface area contributed by atoms with Crippen LogP contribution in [0.2, 0.25) is 10.0 Å². The highest BCUT2D eigenvalue weighted by Gasteiger charge is 2.30. The Morgan fingerprint density at radius 2 is 1.96 bits per heavy atom. The number of amides is 1. The first-order valence-electron chi connectivity index (χ1n) is 8.04. The molecule has 1 aliphatic rings. The minimum absolute atomic E-state index is 0.0660. The molecule has 0 radical (unpaired) electrons. The van der Waals surface area contributed by atoms with E-state index in [2.05, 4.69) is 21.4 Å². The van der Waals surface area contributed by atoms with Crippen LogP contribution in [0.1, 0.15) is 30.5 Å². The molecule has 2 aromatic carbocycles. The molecule has 6 nitrogen and oxygen atoms in total. The molecule has 0 aromatic heterocycles. The van der Waals surface area contributed by atoms with Gasteiger partial charge in [-0.2, -0.15) is 5.10 Å². The summed E-state index contributed by atoms with van der Waals surface area (Å²) in [6.45, 7) is 1.72. The summed E-state index contributed by atoms with van der Waals surface area (Å²) in [7, 11) is 0. The van der Waals surface area contributed by atoms with E-state index in [4.69, 9.17) is 23.2 Å². The minimum atomic E-state index is -0.449. The third-order valence-electron chi connectivity index (χ3n) is 4.19. The summed E-state index contributed by atoms with van der Waals surface area (Å²) in [6, 6.07) is 11.7. The maximum atomic E-state index is 12.3. The van der Waals surface area contributed by atoms with E-state index in [9.17, 15) is 9.90 Å². The van der Waals surface area contributed by atoms with Gasteiger partial charge in [0.15, 0.2) is 0 Å². The van der Waals surface area contributed by atoms with E-state index in [0.29, 0.717) is 27.7 Å². The summed E-state index contributed by atoms with van der Waals surface area (Å²) in [6.07, 6.45) is 0.537. The fourth-order valence-corrected chi connectivity index (χ4v) is 3.04. The van der Waals surface area contributed by atoms with Crippen LogP contribution in [-0.2, 0) is 4.79 Å². The average molecular weight is 393 g/mol. The minimum Gasteiger partial charge on any atom is -0.507 e. The molecule has 8 heteroatoms. The van der Waals surface area contributed by atoms with Crippen molar-refractivity contribution in [2.24, 2.45) is 5.10 Å². The topological polar surface area (TPSA) is 85.8 Å². The Morgan fingerprint density at radius 1 is 1.19 bits per heavy atom. The lowest BCUT2D eigenvalue weighted by molar-refractivity contribution is -0.122. The average Bonchev–Trinajstić information content (AvgIpc) is 3.12. The second-order valence-corrected chi connectivity index (χ2v) is 6.81. The molecule has 1 fully saturated rings. The van der Waals surface area contributed by atoms with E-state index < -0.39 is 6.04 Å². The highest BCUT2D eigenvalue weighted by Crippen LogP contribution is 2.29. The zero-order valence-electron chi connectivity index (χ0n) is 14.0. The maximum Gasteiger partial charge on any atom is 0.258 e. The predicted molar refractivity (Wildman–Crippen MR) is 102 cm³/mol. The first kappa shape index (κ1) is 18.7. The van der Waals surface area contributed by atoms with Gasteiger partial charge in [-0.25, -0.2) is 16.3 Å². The molecule has 136 valence electrons. The van der Waals surface area contributed by atoms with Crippen molar-refractivity contribution in [1.29, 1.82) is 0 Å². The fourth-order valence-electron chi connectivity index (χ4n) is 2.73. The van der Waals surface area contributed by atoms with E-state index >= 15 is 0 Å². The van der Waals surface area contributed by atoms with Crippen molar-refractivity contribution < 1.29 is 9.90 Å². The molecule has 0 spiro atoms. The van der Waals surface area contributed by atoms with Crippen LogP contribution in [0.4, 0.5) is 0 Å². The standard InChI is InChI=1S/C18H18Cl2N4O2/c1-10(12-4-2-3-5-17(12)25)21-24-18(26)16-9-15(22-23-16)11-6-7-13(19)14(20)8-11/h2-8,15-16,22-23,25H,9H2,1H3,(H,24,26)/b21-10+. The number of benzene rings is 2. The Morgan fingerprint density at radius 3 is 2.69 bits per heavy atom. The third kappa shape index (κ3) is 4.16. The summed E-state index contributed by atoms with van der Waals surface area (Å²) in [5.41, 5.74) is 10.6. The molecular weight excluding hydrogens is 375 g/mol. The van der Waals surface area contributed by atoms with Crippen LogP contribution in [0.25, 0.3) is 0 Å². The number of aromatic hydroxyl groups is 1. The number of para-hydroxylation sites is 1. The van der Waals surface area contributed by atoms with E-state index in [1.807, 2.05) is 6.07 Å². The van der Waals surface area contributed by atoms with Crippen molar-refractivity contribution in [2.45, 2.75) is 25.4 Å². The first-order chi connectivity index (χ1) is 12.5. The predicted octanol–water partition coefficient (Wildman–Crippen LogP) is 3.15. The van der Waals surface area contributed by atoms with Gasteiger partial charge in [0.1, 0.15) is 11.8 Å². The number of nitrogens with one attached hydrogen (secondary N) is 3. The van der Waals surface area contributed by atoms with Crippen molar-refractivity contribution >= 4 is 34.8 Å². The highest BCUT2D eigenvalue weighted by molar-refractivity contribution is 6.42. The maximum absolute atomic E-state index is 12.3. The monoisotopic (exact) mass is 392 g/mol. The smallest absolute Gasteiger partial charge is 0.258 e. The SMILES string of the molecule is C/C(=N\NC(=O)C1CC(c2ccc(Cl)c(Cl)c2)NN1)c1ccccc1O. The number of hydrogen-bond donors (Lipinski definition) is 4. The summed E-state index contributed by atoms with van der Waals surface area (Å²) in [5.74, 6) is -0.154. The van der Waals surface area contributed by atoms with Gasteiger partial charge in [0.05, 0.1) is 15.8 Å². The van der Waals surface area contributed by atoms with E-state index in [0.717, 1.165) is 5.56 Å². The molecule has 3 rings (SSSR count). The van der Waals surface area contributed by atoms with E-state index in [-0.39, 0.29) is 17.7 Å². The molecule has 0 aliphatic carbocycles. The number of carbonyl (C=O) groups is 1. The molecule has 2 atom stereocenters. The summed E-state index contributed by atoms with van der Waals surface area (Å²) >= 11 is 12.0. The van der Waals surface area contributed by atoms with Crippen LogP contribution in [0, 0.1) is 0 Å². The normalized spacial score (nSPS) is 20.2. The van der Waals surface area contributed by atoms with Gasteiger partial charge in [-0.1, -0.05) is 41.4 Å². The largest absolute Gasteiger partial charge is 0.507 e. The van der Waals surface area contributed by atoms with Crippen LogP contribution in [-0.4, -0.2) is 22.8 Å². The van der Waals surface area contributed by atoms with Crippen LogP contribution in [0.5, 0.6) is 5.75 Å². The highest BCUT2D eigenvalue weighted by atomic mass is 35.5. The number of halogens is 2. The zero-order valence-corrected chi connectivity index (χ0v) is 15.5. The fraction of sp³-hybridized carbons (Fsp3) is 0.222. The van der Waals surface area contributed by atoms with Crippen molar-refractivity contribution in [3.63, 3.8) is 0 Å². The van der Waals surface area contributed by atoms with Gasteiger partial charge in [0, 0.05) is 11.6 Å². The molecular formula is C18H18Cl2N4O2. The Hall–Kier alpha value is -2.12. The van der Waals surface area contributed by atoms with Crippen LogP contribution >= 0.6 is 23.2 Å². The second-order valence-electron chi connectivity index (χ2n) is 5.99. The zero-order chi connectivity index (χ0) is 18.7. The molecule has 4 N–H and O–H groups in total. The van der Waals surface area contributed by atoms with Crippen LogP contribution in [0.3, 0.4) is 0 Å². The summed E-state index contributed by atoms with van der Waals surface area (Å²) in [5, 5.41) is 14.9. The molecule has 0 saturated carbocycles. The lowest BCUT2D eigenvalue weighted by atomic mass is 10.0. The summed E-state index contributed by atoms with van der Waals surface area (Å²) < 4.78 is 0. The third-order valence-corrected chi connectivity index (χ3v) is 4.93. The molecule has 1 aliphatic heterocycles. The molecule has 0 bridgehead atoms. The number of phenols is 1. The van der Waals surface area contributed by atoms with Crippen molar-refractivity contribution in [3.05, 3.63) is 63.6 Å². The number of hydrazone groups is 1. The first-order valence-corrected chi connectivity index (χ1v) is 8.80. The Kier molecular flexibility index (Phi) is 5.78. The number of nitrogens with zero attached hydrogens (tertiary/aromatic N) is 1. The molecule has 26 heavy (non-hydrogen) atoms. The van der Waals surface area contributed by atoms with Gasteiger partial charge < -0.3 is 5.11 Å². The number of rotatable bonds is 4. The van der Waals surface area contributed by atoms with Gasteiger partial charge in [0.25, 0.3) is 5.91 Å². The molecule has 1 saturated heterocycles. The Labute approximate surface area is 161 Å². The van der Waals surface area contributed by atoms with Crippen molar-refractivity contribution in [2.75, 3.05) is 0 Å². The number of hydrazine groups is 1. The molecule has 2 aromatic rings. The van der Waals surface area contributed by atoms with Crippen molar-refractivity contribution in [3.8, 4) is 5.75 Å². The number of hydrogen-bond acceptors (Lipinski definition) is 5. The van der Waals surface area contributed by atoms with Crippen molar-refractivity contribution in [1.82, 2.24) is 16.3 Å². The number of carbonyl (C=O) groups excluding carboxylic acids is 1. The molecule has 1 amide bonds. The molecule has 1 heterocycles. The van der Waals surface area contributed by atoms with Gasteiger partial charge >= 0.3 is 0 Å². The van der Waals surface area contributed by atoms with Crippen LogP contribution < -0.4 is 16.3 Å². The van der Waals surface area contributed by atoms with E-state index in [1.54, 1.807) is 43.3 Å². The lowest BCUT2D eigenvalue weighted by Gasteiger charge is -2.10. The Bertz CT molecular complexity index is 857. The van der Waals surface area contributed by atoms with Crippen LogP contribution in [0.15, 0.2) is 47.6 Å². The van der Waals surface area contributed by atoms with E-state index in [1.165, 1.54) is 0 Å². The lowest BCUT2D eigenvalue weighted by Crippen LogP contribution is -2.41. The van der Waals surface area contributed by atoms with Gasteiger partial charge in [-0.3, -0.25) is 4.79 Å².